The molecule has 2 amide bonds. The van der Waals surface area contributed by atoms with Crippen LogP contribution < -0.4 is 10.1 Å². The van der Waals surface area contributed by atoms with E-state index < -0.39 is 29.9 Å². The third kappa shape index (κ3) is 4.72. The summed E-state index contributed by atoms with van der Waals surface area (Å²) in [5, 5.41) is 22.7. The van der Waals surface area contributed by atoms with Gasteiger partial charge in [-0.1, -0.05) is 12.1 Å². The number of amides is 2. The molecule has 10 nitrogen and oxygen atoms in total. The van der Waals surface area contributed by atoms with Gasteiger partial charge in [0.2, 0.25) is 0 Å². The molecule has 2 aromatic heterocycles. The number of aliphatic hydroxyl groups is 1. The molecule has 0 aliphatic carbocycles. The second-order valence-corrected chi connectivity index (χ2v) is 8.01. The predicted octanol–water partition coefficient (Wildman–Crippen LogP) is 1.72. The second kappa shape index (κ2) is 9.10. The Morgan fingerprint density at radius 1 is 1.25 bits per heavy atom. The van der Waals surface area contributed by atoms with Crippen molar-refractivity contribution in [1.82, 2.24) is 19.6 Å². The van der Waals surface area contributed by atoms with Crippen LogP contribution >= 0.6 is 11.3 Å². The maximum absolute atomic E-state index is 12.7. The number of imidazole rings is 1. The van der Waals surface area contributed by atoms with Crippen molar-refractivity contribution in [2.45, 2.75) is 19.6 Å². The molecule has 0 saturated heterocycles. The number of aromatic nitrogens is 2. The summed E-state index contributed by atoms with van der Waals surface area (Å²) >= 11 is 1.55. The zero-order chi connectivity index (χ0) is 22.7. The maximum Gasteiger partial charge on any atom is 0.322 e. The van der Waals surface area contributed by atoms with Crippen LogP contribution in [0.2, 0.25) is 0 Å². The standard InChI is InChI=1S/C21H20N4O6S/c26-16-5-6-24(20(30)18(16)19(29)22-9-17(27)28)10-13-1-3-15(4-2-13)31-12-14-11-25-7-8-32-21(25)23-14/h1-4,7-8,11,26H,5-6,9-10,12H2,(H,22,29)(H,27,28). The molecule has 0 bridgehead atoms. The Morgan fingerprint density at radius 2 is 2.03 bits per heavy atom. The van der Waals surface area contributed by atoms with E-state index in [1.165, 1.54) is 4.90 Å². The van der Waals surface area contributed by atoms with Gasteiger partial charge in [-0.15, -0.1) is 11.3 Å². The third-order valence-corrected chi connectivity index (χ3v) is 5.63. The smallest absolute Gasteiger partial charge is 0.322 e. The van der Waals surface area contributed by atoms with Crippen molar-refractivity contribution >= 4 is 34.1 Å². The number of benzene rings is 1. The number of ether oxygens (including phenoxy) is 1. The average molecular weight is 456 g/mol. The Labute approximate surface area is 186 Å². The topological polar surface area (TPSA) is 133 Å². The number of rotatable bonds is 8. The molecular weight excluding hydrogens is 436 g/mol. The lowest BCUT2D eigenvalue weighted by atomic mass is 10.0. The molecule has 0 unspecified atom stereocenters. The number of thiazole rings is 1. The normalized spacial score (nSPS) is 14.1. The maximum atomic E-state index is 12.7. The number of aliphatic hydroxyl groups excluding tert-OH is 1. The fourth-order valence-corrected chi connectivity index (χ4v) is 4.01. The number of carbonyl (C=O) groups is 3. The number of aliphatic carboxylic acids is 1. The molecule has 11 heteroatoms. The van der Waals surface area contributed by atoms with Crippen molar-refractivity contribution in [3.05, 3.63) is 64.6 Å². The zero-order valence-electron chi connectivity index (χ0n) is 16.9. The Bertz CT molecular complexity index is 1170. The van der Waals surface area contributed by atoms with E-state index in [1.54, 1.807) is 23.5 Å². The third-order valence-electron chi connectivity index (χ3n) is 4.86. The summed E-state index contributed by atoms with van der Waals surface area (Å²) in [7, 11) is 0. The van der Waals surface area contributed by atoms with Crippen LogP contribution in [-0.2, 0) is 27.5 Å². The molecule has 3 heterocycles. The lowest BCUT2D eigenvalue weighted by Gasteiger charge is -2.28. The first-order valence-electron chi connectivity index (χ1n) is 9.75. The van der Waals surface area contributed by atoms with E-state index in [4.69, 9.17) is 9.84 Å². The van der Waals surface area contributed by atoms with Crippen molar-refractivity contribution < 1.29 is 29.3 Å². The zero-order valence-corrected chi connectivity index (χ0v) is 17.7. The molecule has 1 aliphatic heterocycles. The van der Waals surface area contributed by atoms with Gasteiger partial charge in [0, 0.05) is 37.3 Å². The largest absolute Gasteiger partial charge is 0.511 e. The molecule has 0 radical (unpaired) electrons. The monoisotopic (exact) mass is 456 g/mol. The number of nitrogens with one attached hydrogen (secondary N) is 1. The average Bonchev–Trinajstić information content (AvgIpc) is 3.36. The molecule has 1 aliphatic rings. The summed E-state index contributed by atoms with van der Waals surface area (Å²) in [6, 6.07) is 7.21. The van der Waals surface area contributed by atoms with Crippen LogP contribution in [-0.4, -0.2) is 55.4 Å². The summed E-state index contributed by atoms with van der Waals surface area (Å²) in [5.41, 5.74) is 1.22. The lowest BCUT2D eigenvalue weighted by Crippen LogP contribution is -2.43. The molecule has 4 rings (SSSR count). The minimum atomic E-state index is -1.24. The first kappa shape index (κ1) is 21.4. The highest BCUT2D eigenvalue weighted by Gasteiger charge is 2.32. The molecular formula is C21H20N4O6S. The highest BCUT2D eigenvalue weighted by atomic mass is 32.1. The van der Waals surface area contributed by atoms with E-state index in [9.17, 15) is 19.5 Å². The molecule has 0 saturated carbocycles. The number of hydrogen-bond donors (Lipinski definition) is 3. The van der Waals surface area contributed by atoms with E-state index >= 15 is 0 Å². The number of carboxylic acids is 1. The molecule has 0 fully saturated rings. The van der Waals surface area contributed by atoms with Crippen molar-refractivity contribution in [3.63, 3.8) is 0 Å². The lowest BCUT2D eigenvalue weighted by molar-refractivity contribution is -0.138. The van der Waals surface area contributed by atoms with Gasteiger partial charge in [0.05, 0.1) is 5.69 Å². The molecule has 1 aromatic carbocycles. The number of fused-ring (bicyclic) bond motifs is 1. The number of carbonyl (C=O) groups excluding carboxylic acids is 2. The Hall–Kier alpha value is -3.86. The van der Waals surface area contributed by atoms with Crippen LogP contribution in [0.15, 0.2) is 53.4 Å². The fourth-order valence-electron chi connectivity index (χ4n) is 3.29. The Balaban J connectivity index is 1.35. The van der Waals surface area contributed by atoms with Crippen LogP contribution in [0.3, 0.4) is 0 Å². The number of nitrogens with zero attached hydrogens (tertiary/aromatic N) is 3. The van der Waals surface area contributed by atoms with Gasteiger partial charge < -0.3 is 25.2 Å². The van der Waals surface area contributed by atoms with Crippen LogP contribution in [0, 0.1) is 0 Å². The van der Waals surface area contributed by atoms with Gasteiger partial charge in [-0.3, -0.25) is 18.8 Å². The van der Waals surface area contributed by atoms with Gasteiger partial charge in [0.1, 0.15) is 30.2 Å². The summed E-state index contributed by atoms with van der Waals surface area (Å²) in [5.74, 6) is -2.47. The van der Waals surface area contributed by atoms with Crippen LogP contribution in [0.1, 0.15) is 17.7 Å². The van der Waals surface area contributed by atoms with E-state index in [-0.39, 0.29) is 25.3 Å². The summed E-state index contributed by atoms with van der Waals surface area (Å²) in [6.07, 6.45) is 3.96. The second-order valence-electron chi connectivity index (χ2n) is 7.13. The van der Waals surface area contributed by atoms with Gasteiger partial charge in [0.25, 0.3) is 11.8 Å². The number of carboxylic acid groups (broad SMARTS) is 1. The SMILES string of the molecule is O=C(O)CNC(=O)C1=C(O)CCN(Cc2ccc(OCc3cn4ccsc4n3)cc2)C1=O. The predicted molar refractivity (Wildman–Crippen MR) is 114 cm³/mol. The molecule has 3 aromatic rings. The van der Waals surface area contributed by atoms with E-state index in [0.717, 1.165) is 16.2 Å². The molecule has 32 heavy (non-hydrogen) atoms. The van der Waals surface area contributed by atoms with Crippen LogP contribution in [0.4, 0.5) is 0 Å². The minimum Gasteiger partial charge on any atom is -0.511 e. The summed E-state index contributed by atoms with van der Waals surface area (Å²) < 4.78 is 7.71. The quantitative estimate of drug-likeness (QED) is 0.440. The van der Waals surface area contributed by atoms with Gasteiger partial charge in [-0.05, 0) is 17.7 Å². The summed E-state index contributed by atoms with van der Waals surface area (Å²) in [6.45, 7) is 0.175. The van der Waals surface area contributed by atoms with Crippen molar-refractivity contribution in [2.24, 2.45) is 0 Å². The first-order chi connectivity index (χ1) is 15.4. The van der Waals surface area contributed by atoms with Crippen LogP contribution in [0.5, 0.6) is 5.75 Å². The molecule has 0 atom stereocenters. The van der Waals surface area contributed by atoms with Gasteiger partial charge >= 0.3 is 5.97 Å². The van der Waals surface area contributed by atoms with Crippen molar-refractivity contribution in [1.29, 1.82) is 0 Å². The molecule has 3 N–H and O–H groups in total. The van der Waals surface area contributed by atoms with Gasteiger partial charge in [0.15, 0.2) is 4.96 Å². The highest BCUT2D eigenvalue weighted by molar-refractivity contribution is 7.15. The Morgan fingerprint density at radius 3 is 2.75 bits per heavy atom. The highest BCUT2D eigenvalue weighted by Crippen LogP contribution is 2.21. The first-order valence-corrected chi connectivity index (χ1v) is 10.6. The van der Waals surface area contributed by atoms with Gasteiger partial charge in [-0.25, -0.2) is 4.98 Å². The fraction of sp³-hybridized carbons (Fsp3) is 0.238. The summed E-state index contributed by atoms with van der Waals surface area (Å²) in [4.78, 5) is 42.2. The van der Waals surface area contributed by atoms with Crippen molar-refractivity contribution in [2.75, 3.05) is 13.1 Å². The molecule has 0 spiro atoms. The van der Waals surface area contributed by atoms with E-state index in [2.05, 4.69) is 10.3 Å². The van der Waals surface area contributed by atoms with Crippen molar-refractivity contribution in [3.8, 4) is 5.75 Å². The Kier molecular flexibility index (Phi) is 6.08. The molecule has 166 valence electrons. The van der Waals surface area contributed by atoms with Crippen LogP contribution in [0.25, 0.3) is 4.96 Å². The van der Waals surface area contributed by atoms with E-state index in [1.807, 2.05) is 34.3 Å². The minimum absolute atomic E-state index is 0.116. The van der Waals surface area contributed by atoms with E-state index in [0.29, 0.717) is 12.4 Å². The number of hydrogen-bond acceptors (Lipinski definition) is 7. The van der Waals surface area contributed by atoms with Gasteiger partial charge in [-0.2, -0.15) is 0 Å².